The van der Waals surface area contributed by atoms with Crippen LogP contribution in [0.1, 0.15) is 5.56 Å². The van der Waals surface area contributed by atoms with E-state index in [9.17, 15) is 4.79 Å². The standard InChI is InChI=1S/C23H20N6O2/c1-31-17-9-7-15(8-10-17)11-12-24-23-25-13-18-20-19(14-26-28-20)22(30)29(21(18)27-23)16-5-3-2-4-6-16/h2-10,13-14H,11-12H2,1H3,(H,26,28)(H,24,25,27). The third-order valence-electron chi connectivity index (χ3n) is 5.19. The molecule has 0 aliphatic rings. The van der Waals surface area contributed by atoms with Crippen LogP contribution in [-0.2, 0) is 6.42 Å². The second kappa shape index (κ2) is 7.91. The summed E-state index contributed by atoms with van der Waals surface area (Å²) in [5.41, 5.74) is 2.90. The van der Waals surface area contributed by atoms with E-state index < -0.39 is 0 Å². The molecule has 2 aromatic carbocycles. The Bertz CT molecular complexity index is 1410. The largest absolute Gasteiger partial charge is 0.497 e. The van der Waals surface area contributed by atoms with Crippen molar-refractivity contribution in [1.82, 2.24) is 24.7 Å². The maximum Gasteiger partial charge on any atom is 0.267 e. The highest BCUT2D eigenvalue weighted by Crippen LogP contribution is 2.22. The zero-order valence-corrected chi connectivity index (χ0v) is 16.9. The summed E-state index contributed by atoms with van der Waals surface area (Å²) in [5, 5.41) is 11.4. The topological polar surface area (TPSA) is 97.7 Å². The van der Waals surface area contributed by atoms with Gasteiger partial charge < -0.3 is 10.1 Å². The molecule has 5 rings (SSSR count). The van der Waals surface area contributed by atoms with Gasteiger partial charge >= 0.3 is 0 Å². The number of methoxy groups -OCH3 is 1. The number of anilines is 1. The van der Waals surface area contributed by atoms with Crippen molar-refractivity contribution >= 4 is 27.9 Å². The van der Waals surface area contributed by atoms with Crippen molar-refractivity contribution in [2.45, 2.75) is 6.42 Å². The van der Waals surface area contributed by atoms with E-state index in [1.807, 2.05) is 54.6 Å². The van der Waals surface area contributed by atoms with Crippen molar-refractivity contribution in [2.24, 2.45) is 0 Å². The van der Waals surface area contributed by atoms with Gasteiger partial charge in [-0.15, -0.1) is 0 Å². The lowest BCUT2D eigenvalue weighted by molar-refractivity contribution is 0.414. The minimum absolute atomic E-state index is 0.176. The van der Waals surface area contributed by atoms with Crippen molar-refractivity contribution in [2.75, 3.05) is 19.0 Å². The van der Waals surface area contributed by atoms with E-state index in [1.54, 1.807) is 17.9 Å². The zero-order valence-electron chi connectivity index (χ0n) is 16.9. The van der Waals surface area contributed by atoms with Gasteiger partial charge in [0, 0.05) is 12.7 Å². The minimum atomic E-state index is -0.176. The van der Waals surface area contributed by atoms with Gasteiger partial charge in [0.2, 0.25) is 5.95 Å². The molecule has 2 N–H and O–H groups in total. The van der Waals surface area contributed by atoms with Crippen molar-refractivity contribution in [3.63, 3.8) is 0 Å². The average molecular weight is 412 g/mol. The Morgan fingerprint density at radius 3 is 2.61 bits per heavy atom. The third kappa shape index (κ3) is 3.48. The van der Waals surface area contributed by atoms with Gasteiger partial charge in [0.25, 0.3) is 5.56 Å². The highest BCUT2D eigenvalue weighted by Gasteiger charge is 2.16. The highest BCUT2D eigenvalue weighted by molar-refractivity contribution is 6.02. The van der Waals surface area contributed by atoms with Crippen LogP contribution in [0.25, 0.3) is 27.6 Å². The van der Waals surface area contributed by atoms with Crippen LogP contribution in [-0.4, -0.2) is 38.4 Å². The fraction of sp³-hybridized carbons (Fsp3) is 0.130. The summed E-state index contributed by atoms with van der Waals surface area (Å²) in [6.07, 6.45) is 4.06. The summed E-state index contributed by atoms with van der Waals surface area (Å²) in [7, 11) is 1.65. The predicted molar refractivity (Wildman–Crippen MR) is 120 cm³/mol. The Kier molecular flexibility index (Phi) is 4.80. The number of nitrogens with zero attached hydrogens (tertiary/aromatic N) is 4. The van der Waals surface area contributed by atoms with Crippen molar-refractivity contribution < 1.29 is 4.74 Å². The number of aromatic nitrogens is 5. The number of benzene rings is 2. The van der Waals surface area contributed by atoms with Gasteiger partial charge in [-0.25, -0.2) is 4.98 Å². The Balaban J connectivity index is 1.51. The molecule has 0 aliphatic heterocycles. The van der Waals surface area contributed by atoms with Gasteiger partial charge in [0.15, 0.2) is 5.65 Å². The number of hydrogen-bond acceptors (Lipinski definition) is 6. The first kappa shape index (κ1) is 18.8. The number of para-hydroxylation sites is 1. The fourth-order valence-corrected chi connectivity index (χ4v) is 3.60. The number of fused-ring (bicyclic) bond motifs is 3. The average Bonchev–Trinajstić information content (AvgIpc) is 3.31. The predicted octanol–water partition coefficient (Wildman–Crippen LogP) is 3.32. The summed E-state index contributed by atoms with van der Waals surface area (Å²) < 4.78 is 6.80. The monoisotopic (exact) mass is 412 g/mol. The van der Waals surface area contributed by atoms with E-state index in [-0.39, 0.29) is 5.56 Å². The lowest BCUT2D eigenvalue weighted by atomic mass is 10.1. The van der Waals surface area contributed by atoms with Gasteiger partial charge in [0.1, 0.15) is 5.75 Å². The lowest BCUT2D eigenvalue weighted by Gasteiger charge is -2.12. The molecule has 31 heavy (non-hydrogen) atoms. The van der Waals surface area contributed by atoms with Crippen LogP contribution in [0.3, 0.4) is 0 Å². The summed E-state index contributed by atoms with van der Waals surface area (Å²) in [4.78, 5) is 22.3. The molecule has 8 nitrogen and oxygen atoms in total. The first-order valence-electron chi connectivity index (χ1n) is 9.91. The van der Waals surface area contributed by atoms with Crippen LogP contribution in [0.15, 0.2) is 71.8 Å². The van der Waals surface area contributed by atoms with Gasteiger partial charge in [-0.1, -0.05) is 30.3 Å². The summed E-state index contributed by atoms with van der Waals surface area (Å²) in [6.45, 7) is 0.652. The zero-order chi connectivity index (χ0) is 21.2. The van der Waals surface area contributed by atoms with E-state index in [0.717, 1.165) is 23.2 Å². The number of ether oxygens (including phenoxy) is 1. The van der Waals surface area contributed by atoms with E-state index in [0.29, 0.717) is 29.0 Å². The minimum Gasteiger partial charge on any atom is -0.497 e. The molecule has 0 spiro atoms. The second-order valence-electron chi connectivity index (χ2n) is 7.09. The van der Waals surface area contributed by atoms with Crippen molar-refractivity contribution in [3.05, 3.63) is 82.9 Å². The number of nitrogens with one attached hydrogen (secondary N) is 2. The number of H-pyrrole nitrogens is 1. The van der Waals surface area contributed by atoms with Crippen LogP contribution >= 0.6 is 0 Å². The van der Waals surface area contributed by atoms with Gasteiger partial charge in [-0.3, -0.25) is 14.5 Å². The molecule has 3 aromatic heterocycles. The summed E-state index contributed by atoms with van der Waals surface area (Å²) in [5.74, 6) is 1.29. The number of hydrogen-bond donors (Lipinski definition) is 2. The molecule has 0 atom stereocenters. The molecule has 0 saturated heterocycles. The van der Waals surface area contributed by atoms with Crippen LogP contribution in [0.4, 0.5) is 5.95 Å². The van der Waals surface area contributed by atoms with Crippen LogP contribution < -0.4 is 15.6 Å². The normalized spacial score (nSPS) is 11.1. The van der Waals surface area contributed by atoms with E-state index >= 15 is 0 Å². The van der Waals surface area contributed by atoms with Crippen LogP contribution in [0.5, 0.6) is 5.75 Å². The van der Waals surface area contributed by atoms with E-state index in [2.05, 4.69) is 25.5 Å². The maximum absolute atomic E-state index is 13.2. The van der Waals surface area contributed by atoms with Gasteiger partial charge in [-0.05, 0) is 36.2 Å². The fourth-order valence-electron chi connectivity index (χ4n) is 3.60. The molecule has 0 amide bonds. The first-order chi connectivity index (χ1) is 15.2. The third-order valence-corrected chi connectivity index (χ3v) is 5.19. The van der Waals surface area contributed by atoms with E-state index in [4.69, 9.17) is 4.74 Å². The van der Waals surface area contributed by atoms with Gasteiger partial charge in [0.05, 0.1) is 35.3 Å². The van der Waals surface area contributed by atoms with E-state index in [1.165, 1.54) is 11.8 Å². The number of aromatic amines is 1. The molecule has 0 unspecified atom stereocenters. The SMILES string of the molecule is COc1ccc(CCNc2ncc3c4[nH]ncc4c(=O)n(-c4ccccc4)c3n2)cc1. The number of rotatable bonds is 6. The Morgan fingerprint density at radius 2 is 1.84 bits per heavy atom. The summed E-state index contributed by atoms with van der Waals surface area (Å²) >= 11 is 0. The van der Waals surface area contributed by atoms with Gasteiger partial charge in [-0.2, -0.15) is 10.1 Å². The van der Waals surface area contributed by atoms with Crippen LogP contribution in [0.2, 0.25) is 0 Å². The highest BCUT2D eigenvalue weighted by atomic mass is 16.5. The Labute approximate surface area is 177 Å². The molecule has 5 aromatic rings. The van der Waals surface area contributed by atoms with Crippen molar-refractivity contribution in [3.8, 4) is 11.4 Å². The quantitative estimate of drug-likeness (QED) is 0.444. The molecular formula is C23H20N6O2. The summed E-state index contributed by atoms with van der Waals surface area (Å²) in [6, 6.07) is 17.4. The lowest BCUT2D eigenvalue weighted by Crippen LogP contribution is -2.20. The molecule has 0 bridgehead atoms. The number of pyridine rings is 1. The molecule has 154 valence electrons. The maximum atomic E-state index is 13.2. The molecule has 3 heterocycles. The molecule has 0 radical (unpaired) electrons. The molecule has 8 heteroatoms. The molecule has 0 saturated carbocycles. The van der Waals surface area contributed by atoms with Crippen molar-refractivity contribution in [1.29, 1.82) is 0 Å². The van der Waals surface area contributed by atoms with Crippen LogP contribution in [0, 0.1) is 0 Å². The Hall–Kier alpha value is -4.20. The Morgan fingerprint density at radius 1 is 1.03 bits per heavy atom. The molecule has 0 aliphatic carbocycles. The first-order valence-corrected chi connectivity index (χ1v) is 9.91. The molecule has 0 fully saturated rings. The smallest absolute Gasteiger partial charge is 0.267 e. The second-order valence-corrected chi connectivity index (χ2v) is 7.09. The molecular weight excluding hydrogens is 392 g/mol.